The van der Waals surface area contributed by atoms with Crippen molar-refractivity contribution in [1.29, 1.82) is 0 Å². The van der Waals surface area contributed by atoms with Gasteiger partial charge in [-0.05, 0) is 19.0 Å². The summed E-state index contributed by atoms with van der Waals surface area (Å²) in [5, 5.41) is 10.8. The van der Waals surface area contributed by atoms with Gasteiger partial charge in [0.25, 0.3) is 0 Å². The summed E-state index contributed by atoms with van der Waals surface area (Å²) in [4.78, 5) is 51.4. The fourth-order valence-corrected chi connectivity index (χ4v) is 6.78. The molecule has 21 heteroatoms. The lowest BCUT2D eigenvalue weighted by atomic mass is 10.1. The van der Waals surface area contributed by atoms with E-state index in [2.05, 4.69) is 18.1 Å². The molecule has 2 aliphatic rings. The molecule has 17 nitrogen and oxygen atoms in total. The molecule has 2 fully saturated rings. The minimum atomic E-state index is -5.85. The van der Waals surface area contributed by atoms with Gasteiger partial charge < -0.3 is 40.9 Å². The molecule has 3 unspecified atom stereocenters. The number of hydrogen-bond acceptors (Lipinski definition) is 12. The Morgan fingerprint density at radius 3 is 2.38 bits per heavy atom. The van der Waals surface area contributed by atoms with Crippen molar-refractivity contribution in [3.8, 4) is 0 Å². The number of fused-ring (bicyclic) bond motifs is 1. The van der Waals surface area contributed by atoms with Gasteiger partial charge in [-0.15, -0.1) is 0 Å². The van der Waals surface area contributed by atoms with E-state index >= 15 is 4.39 Å². The molecule has 0 spiro atoms. The van der Waals surface area contributed by atoms with E-state index in [4.69, 9.17) is 26.0 Å². The maximum absolute atomic E-state index is 15.2. The van der Waals surface area contributed by atoms with Crippen molar-refractivity contribution in [2.75, 3.05) is 12.3 Å². The van der Waals surface area contributed by atoms with Crippen LogP contribution in [0, 0.1) is 0 Å². The Bertz CT molecular complexity index is 1110. The Hall–Kier alpha value is -1.10. The van der Waals surface area contributed by atoms with E-state index in [1.165, 1.54) is 0 Å². The predicted octanol–water partition coefficient (Wildman–Crippen LogP) is -1.76. The first-order chi connectivity index (χ1) is 14.5. The van der Waals surface area contributed by atoms with Crippen LogP contribution < -0.4 is 17.2 Å². The molecule has 1 saturated carbocycles. The van der Waals surface area contributed by atoms with Gasteiger partial charge in [0.05, 0.1) is 0 Å². The highest BCUT2D eigenvalue weighted by Gasteiger charge is 2.89. The second-order valence-electron chi connectivity index (χ2n) is 6.78. The normalized spacial score (nSPS) is 35.7. The second kappa shape index (κ2) is 7.99. The SMILES string of the molecule is NCC[C@]12O[C@@H](n3ccc(N)nc3=O)[C@H](F)[C@@]1(O)C2OP(=O)(O)OP(=O)(O)OP(=O)(O)O. The van der Waals surface area contributed by atoms with Crippen molar-refractivity contribution in [3.63, 3.8) is 0 Å². The molecule has 1 aromatic rings. The summed E-state index contributed by atoms with van der Waals surface area (Å²) in [5.74, 6) is -0.175. The van der Waals surface area contributed by atoms with Crippen molar-refractivity contribution in [1.82, 2.24) is 9.55 Å². The van der Waals surface area contributed by atoms with Crippen LogP contribution in [0.4, 0.5) is 10.2 Å². The fourth-order valence-electron chi connectivity index (χ4n) is 3.53. The summed E-state index contributed by atoms with van der Waals surface area (Å²) >= 11 is 0. The second-order valence-corrected chi connectivity index (χ2v) is 11.2. The zero-order valence-electron chi connectivity index (χ0n) is 15.6. The first-order valence-electron chi connectivity index (χ1n) is 8.39. The fraction of sp³-hybridized carbons (Fsp3) is 0.636. The van der Waals surface area contributed by atoms with E-state index in [1.807, 2.05) is 0 Å². The number of anilines is 1. The van der Waals surface area contributed by atoms with Gasteiger partial charge in [0.15, 0.2) is 18.0 Å². The quantitative estimate of drug-likeness (QED) is 0.175. The van der Waals surface area contributed by atoms with Crippen LogP contribution in [0.2, 0.25) is 0 Å². The molecular weight excluding hydrogens is 508 g/mol. The van der Waals surface area contributed by atoms with Gasteiger partial charge in [-0.3, -0.25) is 9.09 Å². The van der Waals surface area contributed by atoms with Gasteiger partial charge in [-0.2, -0.15) is 13.6 Å². The van der Waals surface area contributed by atoms with Crippen molar-refractivity contribution in [2.24, 2.45) is 5.73 Å². The van der Waals surface area contributed by atoms with Crippen molar-refractivity contribution < 1.29 is 60.6 Å². The smallest absolute Gasteiger partial charge is 0.383 e. The maximum Gasteiger partial charge on any atom is 0.490 e. The highest BCUT2D eigenvalue weighted by atomic mass is 31.3. The lowest BCUT2D eigenvalue weighted by Crippen LogP contribution is -2.38. The van der Waals surface area contributed by atoms with Crippen LogP contribution in [0.25, 0.3) is 0 Å². The summed E-state index contributed by atoms with van der Waals surface area (Å²) < 4.78 is 67.2. The molecule has 0 aromatic carbocycles. The molecule has 1 saturated heterocycles. The molecule has 0 radical (unpaired) electrons. The monoisotopic (exact) mass is 526 g/mol. The molecule has 1 aliphatic carbocycles. The van der Waals surface area contributed by atoms with Gasteiger partial charge in [0.1, 0.15) is 17.5 Å². The Labute approximate surface area is 177 Å². The Kier molecular flexibility index (Phi) is 6.37. The van der Waals surface area contributed by atoms with Crippen LogP contribution in [0.3, 0.4) is 0 Å². The lowest BCUT2D eigenvalue weighted by Gasteiger charge is -2.24. The van der Waals surface area contributed by atoms with E-state index < -0.39 is 58.9 Å². The van der Waals surface area contributed by atoms with Crippen LogP contribution in [-0.2, 0) is 31.6 Å². The number of phosphoric acid groups is 3. The minimum Gasteiger partial charge on any atom is -0.383 e. The Morgan fingerprint density at radius 2 is 1.84 bits per heavy atom. The number of halogens is 1. The van der Waals surface area contributed by atoms with E-state index in [-0.39, 0.29) is 18.8 Å². The van der Waals surface area contributed by atoms with Gasteiger partial charge in [0, 0.05) is 6.20 Å². The number of nitrogen functional groups attached to an aromatic ring is 1. The van der Waals surface area contributed by atoms with Crippen LogP contribution in [-0.4, -0.2) is 64.3 Å². The molecule has 32 heavy (non-hydrogen) atoms. The third kappa shape index (κ3) is 4.48. The number of nitrogens with zero attached hydrogens (tertiary/aromatic N) is 2. The number of ether oxygens (including phenoxy) is 1. The number of rotatable bonds is 9. The number of hydrogen-bond donors (Lipinski definition) is 7. The molecule has 9 N–H and O–H groups in total. The number of aromatic nitrogens is 2. The maximum atomic E-state index is 15.2. The first kappa shape index (κ1) is 25.5. The van der Waals surface area contributed by atoms with Crippen LogP contribution >= 0.6 is 23.5 Å². The average Bonchev–Trinajstić information content (AvgIpc) is 2.95. The number of aliphatic hydroxyl groups is 1. The third-order valence-electron chi connectivity index (χ3n) is 4.72. The molecule has 182 valence electrons. The van der Waals surface area contributed by atoms with Crippen LogP contribution in [0.5, 0.6) is 0 Å². The van der Waals surface area contributed by atoms with Crippen molar-refractivity contribution in [3.05, 3.63) is 22.7 Å². The molecule has 1 aliphatic heterocycles. The first-order valence-corrected chi connectivity index (χ1v) is 12.9. The highest BCUT2D eigenvalue weighted by Crippen LogP contribution is 2.73. The number of alkyl halides is 1. The Balaban J connectivity index is 1.84. The molecule has 0 bridgehead atoms. The largest absolute Gasteiger partial charge is 0.490 e. The molecular formula is C11H18FN4O13P3. The summed E-state index contributed by atoms with van der Waals surface area (Å²) in [6.07, 6.45) is -5.59. The zero-order valence-corrected chi connectivity index (χ0v) is 18.3. The van der Waals surface area contributed by atoms with E-state index in [1.54, 1.807) is 0 Å². The Morgan fingerprint density at radius 1 is 1.22 bits per heavy atom. The lowest BCUT2D eigenvalue weighted by molar-refractivity contribution is -0.0930. The van der Waals surface area contributed by atoms with Crippen LogP contribution in [0.1, 0.15) is 12.6 Å². The number of phosphoric ester groups is 1. The molecule has 7 atom stereocenters. The summed E-state index contributed by atoms with van der Waals surface area (Å²) in [5.41, 5.74) is 4.98. The van der Waals surface area contributed by atoms with E-state index in [9.17, 15) is 33.4 Å². The summed E-state index contributed by atoms with van der Waals surface area (Å²) in [6.45, 7) is -0.271. The molecule has 3 rings (SSSR count). The van der Waals surface area contributed by atoms with Crippen LogP contribution in [0.15, 0.2) is 17.1 Å². The van der Waals surface area contributed by atoms with Crippen molar-refractivity contribution in [2.45, 2.75) is 36.1 Å². The summed E-state index contributed by atoms with van der Waals surface area (Å²) in [7, 11) is -17.2. The summed E-state index contributed by atoms with van der Waals surface area (Å²) in [6, 6.07) is 1.14. The van der Waals surface area contributed by atoms with Gasteiger partial charge in [-0.25, -0.2) is 22.9 Å². The topological polar surface area (TPSA) is 276 Å². The van der Waals surface area contributed by atoms with Gasteiger partial charge >= 0.3 is 29.2 Å². The van der Waals surface area contributed by atoms with Gasteiger partial charge in [-0.1, -0.05) is 0 Å². The molecule has 2 heterocycles. The molecule has 0 amide bonds. The van der Waals surface area contributed by atoms with E-state index in [0.29, 0.717) is 4.57 Å². The minimum absolute atomic E-state index is 0.175. The average molecular weight is 526 g/mol. The highest BCUT2D eigenvalue weighted by molar-refractivity contribution is 7.66. The zero-order chi connectivity index (χ0) is 24.3. The standard InChI is InChI=1S/C11H18FN4O13P3/c12-6-7(16-4-1-5(14)15-9(16)17)26-10(2-3-13)8(11(6,10)18)27-31(22,23)29-32(24,25)28-30(19,20)21/h1,4,6-8,18H,2-3,13H2,(H,22,23)(H,24,25)(H2,14,15,17)(H2,19,20,21)/t6-,7+,8?,10+,11+/m0/s1. The molecule has 1 aromatic heterocycles. The van der Waals surface area contributed by atoms with Crippen molar-refractivity contribution >= 4 is 29.3 Å². The van der Waals surface area contributed by atoms with E-state index in [0.717, 1.165) is 12.3 Å². The third-order valence-corrected chi connectivity index (χ3v) is 8.52. The predicted molar refractivity (Wildman–Crippen MR) is 98.0 cm³/mol. The number of nitrogens with two attached hydrogens (primary N) is 2. The van der Waals surface area contributed by atoms with Gasteiger partial charge in [0.2, 0.25) is 0 Å².